The van der Waals surface area contributed by atoms with Gasteiger partial charge in [0.2, 0.25) is 0 Å². The fourth-order valence-corrected chi connectivity index (χ4v) is 2.25. The van der Waals surface area contributed by atoms with Gasteiger partial charge in [-0.1, -0.05) is 6.92 Å². The molecule has 1 saturated heterocycles. The van der Waals surface area contributed by atoms with E-state index in [-0.39, 0.29) is 6.10 Å². The highest BCUT2D eigenvalue weighted by molar-refractivity contribution is 5.72. The van der Waals surface area contributed by atoms with Gasteiger partial charge in [-0.05, 0) is 26.3 Å². The van der Waals surface area contributed by atoms with Crippen LogP contribution in [-0.4, -0.2) is 61.0 Å². The Morgan fingerprint density at radius 2 is 2.29 bits per heavy atom. The zero-order valence-electron chi connectivity index (χ0n) is 10.9. The first-order valence-electron chi connectivity index (χ1n) is 6.19. The summed E-state index contributed by atoms with van der Waals surface area (Å²) in [6.45, 7) is 6.59. The van der Waals surface area contributed by atoms with Gasteiger partial charge in [0.15, 0.2) is 6.10 Å². The van der Waals surface area contributed by atoms with E-state index in [0.717, 1.165) is 19.5 Å². The van der Waals surface area contributed by atoms with Gasteiger partial charge in [0, 0.05) is 19.7 Å². The standard InChI is InChI=1S/C12H23NO4/c1-4-13(9(2)8-16-3)7-10-5-6-11(17-10)12(14)15/h9-11H,4-8H2,1-3H3,(H,14,15). The molecule has 17 heavy (non-hydrogen) atoms. The molecule has 3 unspecified atom stereocenters. The van der Waals surface area contributed by atoms with Gasteiger partial charge in [-0.3, -0.25) is 4.90 Å². The molecule has 0 aromatic carbocycles. The third-order valence-corrected chi connectivity index (χ3v) is 3.26. The summed E-state index contributed by atoms with van der Waals surface area (Å²) >= 11 is 0. The Labute approximate surface area is 103 Å². The van der Waals surface area contributed by atoms with Crippen molar-refractivity contribution in [3.63, 3.8) is 0 Å². The summed E-state index contributed by atoms with van der Waals surface area (Å²) in [6.07, 6.45) is 0.871. The van der Waals surface area contributed by atoms with Gasteiger partial charge < -0.3 is 14.6 Å². The second kappa shape index (κ2) is 6.93. The highest BCUT2D eigenvalue weighted by Gasteiger charge is 2.31. The van der Waals surface area contributed by atoms with Crippen molar-refractivity contribution in [3.05, 3.63) is 0 Å². The van der Waals surface area contributed by atoms with Crippen molar-refractivity contribution in [2.75, 3.05) is 26.8 Å². The molecule has 0 radical (unpaired) electrons. The maximum atomic E-state index is 10.8. The Bertz CT molecular complexity index is 247. The van der Waals surface area contributed by atoms with Crippen LogP contribution in [0.5, 0.6) is 0 Å². The van der Waals surface area contributed by atoms with Crippen molar-refractivity contribution >= 4 is 5.97 Å². The van der Waals surface area contributed by atoms with Gasteiger partial charge in [-0.2, -0.15) is 0 Å². The van der Waals surface area contributed by atoms with Crippen molar-refractivity contribution in [1.82, 2.24) is 4.90 Å². The largest absolute Gasteiger partial charge is 0.479 e. The topological polar surface area (TPSA) is 59.0 Å². The number of aliphatic carboxylic acids is 1. The van der Waals surface area contributed by atoms with Gasteiger partial charge >= 0.3 is 5.97 Å². The molecule has 0 aromatic heterocycles. The molecule has 0 aliphatic carbocycles. The average Bonchev–Trinajstić information content (AvgIpc) is 2.74. The van der Waals surface area contributed by atoms with Crippen LogP contribution in [-0.2, 0) is 14.3 Å². The molecule has 0 saturated carbocycles. The molecule has 100 valence electrons. The van der Waals surface area contributed by atoms with Crippen molar-refractivity contribution in [2.45, 2.75) is 44.9 Å². The molecule has 1 fully saturated rings. The Morgan fingerprint density at radius 1 is 1.59 bits per heavy atom. The number of carboxylic acid groups (broad SMARTS) is 1. The highest BCUT2D eigenvalue weighted by atomic mass is 16.5. The molecule has 1 aliphatic heterocycles. The second-order valence-electron chi connectivity index (χ2n) is 4.55. The normalized spacial score (nSPS) is 26.4. The van der Waals surface area contributed by atoms with Crippen molar-refractivity contribution in [1.29, 1.82) is 0 Å². The first-order valence-corrected chi connectivity index (χ1v) is 6.19. The molecule has 0 spiro atoms. The number of ether oxygens (including phenoxy) is 2. The summed E-state index contributed by atoms with van der Waals surface area (Å²) < 4.78 is 10.6. The predicted molar refractivity (Wildman–Crippen MR) is 64.1 cm³/mol. The molecular formula is C12H23NO4. The van der Waals surface area contributed by atoms with E-state index in [4.69, 9.17) is 14.6 Å². The lowest BCUT2D eigenvalue weighted by Crippen LogP contribution is -2.41. The summed E-state index contributed by atoms with van der Waals surface area (Å²) in [7, 11) is 1.69. The fraction of sp³-hybridized carbons (Fsp3) is 0.917. The van der Waals surface area contributed by atoms with Crippen LogP contribution in [0.3, 0.4) is 0 Å². The predicted octanol–water partition coefficient (Wildman–Crippen LogP) is 0.975. The van der Waals surface area contributed by atoms with E-state index in [1.807, 2.05) is 0 Å². The van der Waals surface area contributed by atoms with Crippen LogP contribution in [0.25, 0.3) is 0 Å². The van der Waals surface area contributed by atoms with E-state index in [2.05, 4.69) is 18.7 Å². The summed E-state index contributed by atoms with van der Waals surface area (Å²) in [4.78, 5) is 13.0. The number of rotatable bonds is 7. The molecule has 5 nitrogen and oxygen atoms in total. The van der Waals surface area contributed by atoms with E-state index >= 15 is 0 Å². The van der Waals surface area contributed by atoms with Crippen molar-refractivity contribution < 1.29 is 19.4 Å². The van der Waals surface area contributed by atoms with Gasteiger partial charge in [0.1, 0.15) is 0 Å². The number of carbonyl (C=O) groups is 1. The van der Waals surface area contributed by atoms with Crippen LogP contribution in [0, 0.1) is 0 Å². The third-order valence-electron chi connectivity index (χ3n) is 3.26. The average molecular weight is 245 g/mol. The first-order chi connectivity index (χ1) is 8.08. The minimum atomic E-state index is -0.847. The first kappa shape index (κ1) is 14.4. The zero-order valence-corrected chi connectivity index (χ0v) is 10.9. The lowest BCUT2D eigenvalue weighted by molar-refractivity contribution is -0.149. The molecule has 0 amide bonds. The van der Waals surface area contributed by atoms with Crippen molar-refractivity contribution in [3.8, 4) is 0 Å². The summed E-state index contributed by atoms with van der Waals surface area (Å²) in [5.41, 5.74) is 0. The number of likely N-dealkylation sites (N-methyl/N-ethyl adjacent to an activating group) is 1. The Hall–Kier alpha value is -0.650. The second-order valence-corrected chi connectivity index (χ2v) is 4.55. The van der Waals surface area contributed by atoms with Crippen LogP contribution >= 0.6 is 0 Å². The molecule has 5 heteroatoms. The highest BCUT2D eigenvalue weighted by Crippen LogP contribution is 2.21. The molecule has 1 aliphatic rings. The van der Waals surface area contributed by atoms with Crippen LogP contribution in [0.2, 0.25) is 0 Å². The Balaban J connectivity index is 2.39. The molecule has 1 rings (SSSR count). The van der Waals surface area contributed by atoms with Gasteiger partial charge in [0.05, 0.1) is 12.7 Å². The summed E-state index contributed by atoms with van der Waals surface area (Å²) in [5, 5.41) is 8.86. The Morgan fingerprint density at radius 3 is 2.76 bits per heavy atom. The van der Waals surface area contributed by atoms with Crippen molar-refractivity contribution in [2.24, 2.45) is 0 Å². The number of hydrogen-bond acceptors (Lipinski definition) is 4. The molecule has 3 atom stereocenters. The maximum Gasteiger partial charge on any atom is 0.332 e. The van der Waals surface area contributed by atoms with Crippen LogP contribution in [0.15, 0.2) is 0 Å². The molecule has 1 N–H and O–H groups in total. The zero-order chi connectivity index (χ0) is 12.8. The van der Waals surface area contributed by atoms with E-state index in [1.54, 1.807) is 7.11 Å². The monoisotopic (exact) mass is 245 g/mol. The van der Waals surface area contributed by atoms with Gasteiger partial charge in [0.25, 0.3) is 0 Å². The SMILES string of the molecule is CCN(CC1CCC(C(=O)O)O1)C(C)COC. The third kappa shape index (κ3) is 4.26. The fourth-order valence-electron chi connectivity index (χ4n) is 2.25. The number of carboxylic acids is 1. The number of methoxy groups -OCH3 is 1. The molecular weight excluding hydrogens is 222 g/mol. The van der Waals surface area contributed by atoms with E-state index in [9.17, 15) is 4.79 Å². The Kier molecular flexibility index (Phi) is 5.88. The molecule has 0 bridgehead atoms. The minimum absolute atomic E-state index is 0.0374. The van der Waals surface area contributed by atoms with Crippen LogP contribution in [0.1, 0.15) is 26.7 Å². The number of nitrogens with zero attached hydrogens (tertiary/aromatic N) is 1. The molecule has 1 heterocycles. The lowest BCUT2D eigenvalue weighted by atomic mass is 10.1. The molecule has 0 aromatic rings. The van der Waals surface area contributed by atoms with E-state index in [1.165, 1.54) is 0 Å². The van der Waals surface area contributed by atoms with E-state index < -0.39 is 12.1 Å². The van der Waals surface area contributed by atoms with Crippen LogP contribution < -0.4 is 0 Å². The lowest BCUT2D eigenvalue weighted by Gasteiger charge is -2.29. The quantitative estimate of drug-likeness (QED) is 0.724. The van der Waals surface area contributed by atoms with Crippen LogP contribution in [0.4, 0.5) is 0 Å². The smallest absolute Gasteiger partial charge is 0.332 e. The summed E-state index contributed by atoms with van der Waals surface area (Å²) in [5.74, 6) is -0.847. The summed E-state index contributed by atoms with van der Waals surface area (Å²) in [6, 6.07) is 0.331. The minimum Gasteiger partial charge on any atom is -0.479 e. The van der Waals surface area contributed by atoms with Gasteiger partial charge in [-0.15, -0.1) is 0 Å². The van der Waals surface area contributed by atoms with E-state index in [0.29, 0.717) is 19.1 Å². The van der Waals surface area contributed by atoms with Gasteiger partial charge in [-0.25, -0.2) is 4.79 Å². The maximum absolute atomic E-state index is 10.8. The number of hydrogen-bond donors (Lipinski definition) is 1.